The number of rotatable bonds is 6. The molecule has 174 valence electrons. The summed E-state index contributed by atoms with van der Waals surface area (Å²) in [6, 6.07) is 17.6. The van der Waals surface area contributed by atoms with E-state index >= 15 is 0 Å². The van der Waals surface area contributed by atoms with Crippen LogP contribution in [0.5, 0.6) is 0 Å². The summed E-state index contributed by atoms with van der Waals surface area (Å²) in [4.78, 5) is 31.9. The third kappa shape index (κ3) is 5.15. The number of anilines is 1. The lowest BCUT2D eigenvalue weighted by molar-refractivity contribution is -0.121. The lowest BCUT2D eigenvalue weighted by Gasteiger charge is -2.31. The Labute approximate surface area is 205 Å². The Balaban J connectivity index is 1.12. The van der Waals surface area contributed by atoms with E-state index in [2.05, 4.69) is 21.5 Å². The van der Waals surface area contributed by atoms with Crippen LogP contribution < -0.4 is 5.32 Å². The number of hydrogen-bond donors (Lipinski definition) is 1. The van der Waals surface area contributed by atoms with Gasteiger partial charge in [0.1, 0.15) is 5.76 Å². The van der Waals surface area contributed by atoms with Crippen molar-refractivity contribution in [3.8, 4) is 0 Å². The Kier molecular flexibility index (Phi) is 6.64. The lowest BCUT2D eigenvalue weighted by atomic mass is 9.95. The summed E-state index contributed by atoms with van der Waals surface area (Å²) in [6.07, 6.45) is 1.26. The monoisotopic (exact) mass is 492 g/mol. The van der Waals surface area contributed by atoms with Gasteiger partial charge in [0.05, 0.1) is 10.2 Å². The van der Waals surface area contributed by atoms with Crippen LogP contribution in [0.4, 0.5) is 5.82 Å². The van der Waals surface area contributed by atoms with Crippen molar-refractivity contribution in [1.29, 1.82) is 0 Å². The zero-order valence-electron chi connectivity index (χ0n) is 18.7. The number of piperidine rings is 1. The van der Waals surface area contributed by atoms with Gasteiger partial charge in [0.15, 0.2) is 10.2 Å². The molecule has 2 aromatic carbocycles. The van der Waals surface area contributed by atoms with Crippen LogP contribution in [0.25, 0.3) is 10.2 Å². The minimum absolute atomic E-state index is 0.0105. The number of carbonyl (C=O) groups is 2. The molecule has 3 heterocycles. The van der Waals surface area contributed by atoms with Crippen molar-refractivity contribution in [2.75, 3.05) is 18.4 Å². The van der Waals surface area contributed by atoms with E-state index in [-0.39, 0.29) is 17.7 Å². The molecule has 5 rings (SSSR count). The number of hydrogen-bond acceptors (Lipinski definition) is 7. The molecule has 4 aromatic rings. The highest BCUT2D eigenvalue weighted by atomic mass is 32.2. The number of benzene rings is 2. The fraction of sp³-hybridized carbons (Fsp3) is 0.280. The van der Waals surface area contributed by atoms with Gasteiger partial charge in [-0.1, -0.05) is 41.2 Å². The fourth-order valence-corrected chi connectivity index (χ4v) is 6.01. The summed E-state index contributed by atoms with van der Waals surface area (Å²) in [5, 5.41) is 6.60. The second kappa shape index (κ2) is 9.99. The van der Waals surface area contributed by atoms with Crippen LogP contribution in [0.15, 0.2) is 63.5 Å². The van der Waals surface area contributed by atoms with Crippen molar-refractivity contribution in [1.82, 2.24) is 15.0 Å². The lowest BCUT2D eigenvalue weighted by Crippen LogP contribution is -2.41. The maximum Gasteiger partial charge on any atom is 0.253 e. The Morgan fingerprint density at radius 3 is 2.62 bits per heavy atom. The fourth-order valence-electron chi connectivity index (χ4n) is 3.98. The van der Waals surface area contributed by atoms with E-state index in [0.29, 0.717) is 43.1 Å². The highest BCUT2D eigenvalue weighted by Crippen LogP contribution is 2.31. The number of nitrogens with zero attached hydrogens (tertiary/aromatic N) is 3. The van der Waals surface area contributed by atoms with Gasteiger partial charge in [0, 0.05) is 36.4 Å². The largest absolute Gasteiger partial charge is 0.360 e. The molecule has 0 saturated carbocycles. The topological polar surface area (TPSA) is 88.3 Å². The molecular formula is C25H24N4O3S2. The first-order chi connectivity index (χ1) is 16.5. The van der Waals surface area contributed by atoms with E-state index in [0.717, 1.165) is 21.2 Å². The zero-order chi connectivity index (χ0) is 23.5. The Morgan fingerprint density at radius 1 is 1.15 bits per heavy atom. The first-order valence-corrected chi connectivity index (χ1v) is 13.0. The molecule has 1 saturated heterocycles. The molecule has 1 N–H and O–H groups in total. The second-order valence-electron chi connectivity index (χ2n) is 8.31. The van der Waals surface area contributed by atoms with E-state index in [1.807, 2.05) is 47.4 Å². The molecular weight excluding hydrogens is 468 g/mol. The van der Waals surface area contributed by atoms with Crippen molar-refractivity contribution in [3.05, 3.63) is 71.5 Å². The van der Waals surface area contributed by atoms with Crippen LogP contribution in [0.2, 0.25) is 0 Å². The summed E-state index contributed by atoms with van der Waals surface area (Å²) in [6.45, 7) is 2.90. The van der Waals surface area contributed by atoms with Crippen molar-refractivity contribution in [3.63, 3.8) is 0 Å². The number of likely N-dealkylation sites (tertiary alicyclic amines) is 1. The molecule has 0 unspecified atom stereocenters. The van der Waals surface area contributed by atoms with E-state index in [9.17, 15) is 9.59 Å². The number of aryl methyl sites for hydroxylation is 1. The molecule has 2 amide bonds. The summed E-state index contributed by atoms with van der Waals surface area (Å²) in [5.41, 5.74) is 2.86. The first kappa shape index (κ1) is 22.6. The number of thioether (sulfide) groups is 1. The predicted molar refractivity (Wildman–Crippen MR) is 134 cm³/mol. The number of amides is 2. The molecule has 1 fully saturated rings. The molecule has 9 heteroatoms. The van der Waals surface area contributed by atoms with E-state index in [4.69, 9.17) is 4.52 Å². The molecule has 0 aliphatic carbocycles. The van der Waals surface area contributed by atoms with Gasteiger partial charge in [-0.3, -0.25) is 9.59 Å². The zero-order valence-corrected chi connectivity index (χ0v) is 20.3. The van der Waals surface area contributed by atoms with Gasteiger partial charge >= 0.3 is 0 Å². The van der Waals surface area contributed by atoms with E-state index < -0.39 is 0 Å². The quantitative estimate of drug-likeness (QED) is 0.364. The molecule has 7 nitrogen and oxygen atoms in total. The highest BCUT2D eigenvalue weighted by Gasteiger charge is 2.28. The van der Waals surface area contributed by atoms with Gasteiger partial charge in [0.25, 0.3) is 5.91 Å². The summed E-state index contributed by atoms with van der Waals surface area (Å²) < 4.78 is 7.23. The maximum atomic E-state index is 12.9. The van der Waals surface area contributed by atoms with Crippen molar-refractivity contribution in [2.45, 2.75) is 29.9 Å². The number of carbonyl (C=O) groups excluding carboxylic acids is 2. The second-order valence-corrected chi connectivity index (χ2v) is 10.6. The van der Waals surface area contributed by atoms with Crippen molar-refractivity contribution >= 4 is 50.9 Å². The molecule has 34 heavy (non-hydrogen) atoms. The average molecular weight is 493 g/mol. The van der Waals surface area contributed by atoms with Crippen molar-refractivity contribution in [2.24, 2.45) is 5.92 Å². The van der Waals surface area contributed by atoms with Crippen LogP contribution in [0.3, 0.4) is 0 Å². The van der Waals surface area contributed by atoms with Crippen LogP contribution in [-0.2, 0) is 10.5 Å². The average Bonchev–Trinajstić information content (AvgIpc) is 3.48. The van der Waals surface area contributed by atoms with Crippen molar-refractivity contribution < 1.29 is 14.1 Å². The van der Waals surface area contributed by atoms with Gasteiger partial charge in [-0.2, -0.15) is 0 Å². The van der Waals surface area contributed by atoms with Crippen LogP contribution >= 0.6 is 23.1 Å². The van der Waals surface area contributed by atoms with E-state index in [1.54, 1.807) is 36.1 Å². The van der Waals surface area contributed by atoms with Gasteiger partial charge in [0.2, 0.25) is 5.91 Å². The SMILES string of the molecule is Cc1cc(NC(=O)C2CCN(C(=O)c3ccc(CSc4nc5ccccc5s4)cc3)CC2)no1. The smallest absolute Gasteiger partial charge is 0.253 e. The minimum Gasteiger partial charge on any atom is -0.360 e. The van der Waals surface area contributed by atoms with Crippen LogP contribution in [-0.4, -0.2) is 39.9 Å². The summed E-state index contributed by atoms with van der Waals surface area (Å²) >= 11 is 3.41. The first-order valence-electron chi connectivity index (χ1n) is 11.2. The minimum atomic E-state index is -0.136. The molecule has 1 aliphatic heterocycles. The third-order valence-corrected chi connectivity index (χ3v) is 8.12. The Morgan fingerprint density at radius 2 is 1.91 bits per heavy atom. The standard InChI is InChI=1S/C25H24N4O3S2/c1-16-14-22(28-32-16)27-23(30)18-10-12-29(13-11-18)24(31)19-8-6-17(7-9-19)15-33-25-26-20-4-2-3-5-21(20)34-25/h2-9,14,18H,10-13,15H2,1H3,(H,27,28,30). The maximum absolute atomic E-state index is 12.9. The molecule has 0 bridgehead atoms. The van der Waals surface area contributed by atoms with E-state index in [1.165, 1.54) is 4.70 Å². The molecule has 0 radical (unpaired) electrons. The molecule has 2 aromatic heterocycles. The van der Waals surface area contributed by atoms with Gasteiger partial charge < -0.3 is 14.7 Å². The number of aromatic nitrogens is 2. The van der Waals surface area contributed by atoms with Crippen LogP contribution in [0.1, 0.15) is 34.5 Å². The summed E-state index contributed by atoms with van der Waals surface area (Å²) in [5.74, 6) is 1.69. The number of nitrogens with one attached hydrogen (secondary N) is 1. The number of para-hydroxylation sites is 1. The number of fused-ring (bicyclic) bond motifs is 1. The molecule has 0 spiro atoms. The Hall–Kier alpha value is -3.17. The predicted octanol–water partition coefficient (Wildman–Crippen LogP) is 5.38. The Bertz CT molecular complexity index is 1270. The highest BCUT2D eigenvalue weighted by molar-refractivity contribution is 8.00. The van der Waals surface area contributed by atoms with Gasteiger partial charge in [-0.15, -0.1) is 11.3 Å². The van der Waals surface area contributed by atoms with Gasteiger partial charge in [-0.05, 0) is 49.6 Å². The molecule has 1 aliphatic rings. The molecule has 0 atom stereocenters. The normalized spacial score (nSPS) is 14.4. The van der Waals surface area contributed by atoms with Crippen LogP contribution in [0, 0.1) is 12.8 Å². The summed E-state index contributed by atoms with van der Waals surface area (Å²) in [7, 11) is 0. The van der Waals surface area contributed by atoms with Gasteiger partial charge in [-0.25, -0.2) is 4.98 Å². The third-order valence-electron chi connectivity index (χ3n) is 5.87. The number of thiazole rings is 1.